The van der Waals surface area contributed by atoms with Crippen molar-refractivity contribution in [3.63, 3.8) is 0 Å². The molecule has 1 aliphatic heterocycles. The highest BCUT2D eigenvalue weighted by Gasteiger charge is 2.20. The monoisotopic (exact) mass is 416 g/mol. The lowest BCUT2D eigenvalue weighted by atomic mass is 10.3. The van der Waals surface area contributed by atoms with Crippen LogP contribution in [0.15, 0.2) is 36.4 Å². The number of benzene rings is 2. The van der Waals surface area contributed by atoms with Gasteiger partial charge in [-0.05, 0) is 42.8 Å². The van der Waals surface area contributed by atoms with Crippen LogP contribution in [0.3, 0.4) is 0 Å². The molecule has 0 saturated carbocycles. The molecule has 0 bridgehead atoms. The van der Waals surface area contributed by atoms with Crippen molar-refractivity contribution in [2.45, 2.75) is 19.8 Å². The largest absolute Gasteiger partial charge is 0.271 e. The first-order chi connectivity index (χ1) is 13.7. The van der Waals surface area contributed by atoms with Crippen molar-refractivity contribution in [3.05, 3.63) is 46.4 Å². The second-order valence-electron chi connectivity index (χ2n) is 7.01. The van der Waals surface area contributed by atoms with Crippen LogP contribution in [0.5, 0.6) is 0 Å². The molecule has 0 radical (unpaired) electrons. The van der Waals surface area contributed by atoms with Gasteiger partial charge in [-0.15, -0.1) is 10.2 Å². The summed E-state index contributed by atoms with van der Waals surface area (Å²) in [5.41, 5.74) is 3.60. The maximum Gasteiger partial charge on any atom is 0.114 e. The minimum atomic E-state index is 0.671. The molecule has 144 valence electrons. The van der Waals surface area contributed by atoms with Gasteiger partial charge in [0.05, 0.1) is 31.0 Å². The van der Waals surface area contributed by atoms with E-state index in [4.69, 9.17) is 23.2 Å². The Hall–Kier alpha value is -2.26. The highest BCUT2D eigenvalue weighted by atomic mass is 35.5. The van der Waals surface area contributed by atoms with Gasteiger partial charge in [0.2, 0.25) is 0 Å². The Labute approximate surface area is 171 Å². The summed E-state index contributed by atoms with van der Waals surface area (Å²) in [6.45, 7) is 4.22. The predicted molar refractivity (Wildman–Crippen MR) is 108 cm³/mol. The van der Waals surface area contributed by atoms with Crippen LogP contribution in [-0.4, -0.2) is 59.5 Å². The molecule has 0 N–H and O–H groups in total. The number of rotatable bonds is 4. The zero-order valence-electron chi connectivity index (χ0n) is 15.0. The van der Waals surface area contributed by atoms with E-state index in [0.717, 1.165) is 48.2 Å². The topological polar surface area (TPSA) is 67.9 Å². The fourth-order valence-electron chi connectivity index (χ4n) is 3.65. The number of nitrogens with zero attached hydrogens (tertiary/aromatic N) is 8. The van der Waals surface area contributed by atoms with Crippen LogP contribution >= 0.6 is 23.2 Å². The van der Waals surface area contributed by atoms with Gasteiger partial charge in [-0.25, -0.2) is 9.36 Å². The van der Waals surface area contributed by atoms with Crippen molar-refractivity contribution in [3.8, 4) is 0 Å². The highest BCUT2D eigenvalue weighted by Crippen LogP contribution is 2.19. The summed E-state index contributed by atoms with van der Waals surface area (Å²) >= 11 is 12.1. The van der Waals surface area contributed by atoms with Gasteiger partial charge < -0.3 is 0 Å². The lowest BCUT2D eigenvalue weighted by Gasteiger charge is -2.35. The third-order valence-electron chi connectivity index (χ3n) is 4.97. The molecule has 2 aromatic carbocycles. The number of aromatic nitrogens is 6. The molecular formula is C18H18Cl2N8. The van der Waals surface area contributed by atoms with Crippen molar-refractivity contribution in [2.24, 2.45) is 0 Å². The van der Waals surface area contributed by atoms with E-state index in [9.17, 15) is 0 Å². The van der Waals surface area contributed by atoms with Gasteiger partial charge in [0.25, 0.3) is 0 Å². The summed E-state index contributed by atoms with van der Waals surface area (Å²) in [5, 5.41) is 18.4. The average molecular weight is 417 g/mol. The van der Waals surface area contributed by atoms with Gasteiger partial charge in [0.1, 0.15) is 11.0 Å². The first-order valence-electron chi connectivity index (χ1n) is 9.08. The Bertz CT molecular complexity index is 1050. The Morgan fingerprint density at radius 1 is 0.750 bits per heavy atom. The second kappa shape index (κ2) is 7.29. The Morgan fingerprint density at radius 3 is 1.75 bits per heavy atom. The van der Waals surface area contributed by atoms with Crippen molar-refractivity contribution >= 4 is 45.3 Å². The number of hydrogen-bond acceptors (Lipinski definition) is 6. The maximum absolute atomic E-state index is 6.04. The average Bonchev–Trinajstić information content (AvgIpc) is 3.26. The van der Waals surface area contributed by atoms with Crippen molar-refractivity contribution in [1.29, 1.82) is 0 Å². The molecule has 28 heavy (non-hydrogen) atoms. The van der Waals surface area contributed by atoms with E-state index in [0.29, 0.717) is 23.4 Å². The van der Waals surface area contributed by atoms with E-state index >= 15 is 0 Å². The number of fused-ring (bicyclic) bond motifs is 2. The lowest BCUT2D eigenvalue weighted by Crippen LogP contribution is -2.46. The van der Waals surface area contributed by atoms with Crippen molar-refractivity contribution in [1.82, 2.24) is 39.8 Å². The zero-order chi connectivity index (χ0) is 19.1. The molecule has 3 heterocycles. The molecule has 1 aliphatic rings. The van der Waals surface area contributed by atoms with E-state index < -0.39 is 0 Å². The molecule has 2 aromatic heterocycles. The minimum Gasteiger partial charge on any atom is -0.271 e. The SMILES string of the molecule is Clc1ccc2c(c1)nnn2CN1CCCN(Cn2nnc3cc(Cl)ccc32)C1. The van der Waals surface area contributed by atoms with Crippen LogP contribution in [0.2, 0.25) is 10.0 Å². The molecule has 1 fully saturated rings. The zero-order valence-corrected chi connectivity index (χ0v) is 16.6. The van der Waals surface area contributed by atoms with Crippen LogP contribution in [0.1, 0.15) is 6.42 Å². The third kappa shape index (κ3) is 3.44. The van der Waals surface area contributed by atoms with Gasteiger partial charge in [0, 0.05) is 23.1 Å². The summed E-state index contributed by atoms with van der Waals surface area (Å²) in [7, 11) is 0. The molecule has 0 aliphatic carbocycles. The molecular weight excluding hydrogens is 399 g/mol. The van der Waals surface area contributed by atoms with Gasteiger partial charge in [-0.2, -0.15) is 0 Å². The molecule has 0 spiro atoms. The van der Waals surface area contributed by atoms with Gasteiger partial charge >= 0.3 is 0 Å². The quantitative estimate of drug-likeness (QED) is 0.509. The van der Waals surface area contributed by atoms with Crippen LogP contribution in [0.25, 0.3) is 22.1 Å². The van der Waals surface area contributed by atoms with E-state index in [2.05, 4.69) is 30.4 Å². The van der Waals surface area contributed by atoms with Crippen molar-refractivity contribution < 1.29 is 0 Å². The van der Waals surface area contributed by atoms with E-state index in [1.165, 1.54) is 0 Å². The molecule has 0 unspecified atom stereocenters. The Balaban J connectivity index is 1.30. The van der Waals surface area contributed by atoms with Crippen LogP contribution in [-0.2, 0) is 13.3 Å². The highest BCUT2D eigenvalue weighted by molar-refractivity contribution is 6.31. The third-order valence-corrected chi connectivity index (χ3v) is 5.44. The summed E-state index contributed by atoms with van der Waals surface area (Å²) < 4.78 is 3.84. The van der Waals surface area contributed by atoms with E-state index in [1.54, 1.807) is 0 Å². The first kappa shape index (κ1) is 17.8. The van der Waals surface area contributed by atoms with Gasteiger partial charge in [-0.3, -0.25) is 9.80 Å². The van der Waals surface area contributed by atoms with Gasteiger partial charge in [-0.1, -0.05) is 33.6 Å². The minimum absolute atomic E-state index is 0.671. The van der Waals surface area contributed by atoms with Gasteiger partial charge in [0.15, 0.2) is 0 Å². The molecule has 1 saturated heterocycles. The molecule has 10 heteroatoms. The molecule has 5 rings (SSSR count). The summed E-state index contributed by atoms with van der Waals surface area (Å²) in [6.07, 6.45) is 1.08. The predicted octanol–water partition coefficient (Wildman–Crippen LogP) is 3.06. The van der Waals surface area contributed by atoms with Crippen LogP contribution < -0.4 is 0 Å². The normalized spacial score (nSPS) is 16.4. The fraction of sp³-hybridized carbons (Fsp3) is 0.333. The fourth-order valence-corrected chi connectivity index (χ4v) is 3.98. The second-order valence-corrected chi connectivity index (χ2v) is 7.88. The summed E-state index contributed by atoms with van der Waals surface area (Å²) in [6, 6.07) is 11.3. The first-order valence-corrected chi connectivity index (χ1v) is 9.83. The van der Waals surface area contributed by atoms with Crippen LogP contribution in [0.4, 0.5) is 0 Å². The summed E-state index contributed by atoms with van der Waals surface area (Å²) in [4.78, 5) is 4.70. The molecule has 4 aromatic rings. The standard InChI is InChI=1S/C18H18Cl2N8/c19-13-2-4-17-15(8-13)21-23-27(17)11-25-6-1-7-26(10-25)12-28-18-5-3-14(20)9-16(18)22-24-28/h2-5,8-9H,1,6-7,10-12H2. The van der Waals surface area contributed by atoms with E-state index in [1.807, 2.05) is 45.8 Å². The lowest BCUT2D eigenvalue weighted by molar-refractivity contribution is 0.0372. The molecule has 0 atom stereocenters. The number of hydrogen-bond donors (Lipinski definition) is 0. The Morgan fingerprint density at radius 2 is 1.25 bits per heavy atom. The van der Waals surface area contributed by atoms with Crippen molar-refractivity contribution in [2.75, 3.05) is 19.8 Å². The maximum atomic E-state index is 6.04. The number of halogens is 2. The molecule has 8 nitrogen and oxygen atoms in total. The smallest absolute Gasteiger partial charge is 0.114 e. The molecule has 0 amide bonds. The van der Waals surface area contributed by atoms with Crippen LogP contribution in [0, 0.1) is 0 Å². The van der Waals surface area contributed by atoms with E-state index in [-0.39, 0.29) is 0 Å². The summed E-state index contributed by atoms with van der Waals surface area (Å²) in [5.74, 6) is 0. The Kier molecular flexibility index (Phi) is 4.64.